The van der Waals surface area contributed by atoms with Crippen LogP contribution < -0.4 is 22.1 Å². The van der Waals surface area contributed by atoms with Gasteiger partial charge in [-0.2, -0.15) is 0 Å². The van der Waals surface area contributed by atoms with Gasteiger partial charge in [0.1, 0.15) is 24.7 Å². The van der Waals surface area contributed by atoms with Crippen molar-refractivity contribution in [2.75, 3.05) is 12.3 Å². The molecule has 0 spiro atoms. The third kappa shape index (κ3) is 9.51. The molecule has 1 rings (SSSR count). The molecule has 14 nitrogen and oxygen atoms in total. The van der Waals surface area contributed by atoms with Crippen LogP contribution in [0.1, 0.15) is 18.4 Å². The average molecular weight is 503 g/mol. The number of carboxylic acid groups (broad SMARTS) is 3. The molecule has 15 heteroatoms. The number of thioether (sulfide) groups is 1. The quantitative estimate of drug-likeness (QED) is 0.0987. The van der Waals surface area contributed by atoms with Crippen molar-refractivity contribution in [3.63, 3.8) is 0 Å². The van der Waals surface area contributed by atoms with Crippen LogP contribution in [0.3, 0.4) is 0 Å². The lowest BCUT2D eigenvalue weighted by Crippen LogP contribution is -2.49. The molecule has 34 heavy (non-hydrogen) atoms. The minimum atomic E-state index is -1.33. The molecule has 0 saturated carbocycles. The Kier molecular flexibility index (Phi) is 11.1. The van der Waals surface area contributed by atoms with E-state index < -0.39 is 65.9 Å². The summed E-state index contributed by atoms with van der Waals surface area (Å²) in [5.74, 6) is -6.84. The Hall–Kier alpha value is -3.56. The van der Waals surface area contributed by atoms with Gasteiger partial charge in [-0.25, -0.2) is 0 Å². The Morgan fingerprint density at radius 1 is 0.971 bits per heavy atom. The number of hydrogen-bond donors (Lipinski definition) is 9. The van der Waals surface area contributed by atoms with Crippen molar-refractivity contribution < 1.29 is 49.5 Å². The van der Waals surface area contributed by atoms with Crippen molar-refractivity contribution in [2.24, 2.45) is 11.5 Å². The Morgan fingerprint density at radius 2 is 1.59 bits per heavy atom. The number of aromatic hydroxyl groups is 2. The summed E-state index contributed by atoms with van der Waals surface area (Å²) in [5, 5.41) is 51.0. The molecule has 0 heterocycles. The van der Waals surface area contributed by atoms with Gasteiger partial charge >= 0.3 is 17.9 Å². The summed E-state index contributed by atoms with van der Waals surface area (Å²) < 4.78 is 0. The molecule has 0 aromatic heterocycles. The van der Waals surface area contributed by atoms with Crippen molar-refractivity contribution in [3.8, 4) is 11.5 Å². The van der Waals surface area contributed by atoms with E-state index in [1.54, 1.807) is 0 Å². The number of carbonyl (C=O) groups excluding carboxylic acids is 2. The number of carbonyl (C=O) groups is 5. The second-order valence-electron chi connectivity index (χ2n) is 7.14. The van der Waals surface area contributed by atoms with Gasteiger partial charge in [0, 0.05) is 12.2 Å². The predicted molar refractivity (Wildman–Crippen MR) is 117 cm³/mol. The molecule has 1 aromatic carbocycles. The summed E-state index contributed by atoms with van der Waals surface area (Å²) in [6.07, 6.45) is -0.701. The van der Waals surface area contributed by atoms with Crippen molar-refractivity contribution >= 4 is 41.5 Å². The maximum Gasteiger partial charge on any atom is 0.322 e. The van der Waals surface area contributed by atoms with Gasteiger partial charge in [0.25, 0.3) is 0 Å². The average Bonchev–Trinajstić information content (AvgIpc) is 2.75. The molecule has 0 radical (unpaired) electrons. The lowest BCUT2D eigenvalue weighted by Gasteiger charge is -2.19. The normalized spacial score (nSPS) is 13.4. The van der Waals surface area contributed by atoms with Crippen molar-refractivity contribution in [2.45, 2.75) is 42.3 Å². The standard InChI is InChI=1S/C19H26N4O10S/c20-9(18(30)31)1-2-14(25)23-11(17(29)22-6-15(26)27)7-34-13-5-8(3-10(21)19(32)33)4-12(24)16(13)28/h4-5,9-11,24,28H,1-3,6-7,20-21H2,(H,22,29)(H,23,25)(H,26,27)(H,30,31)(H,32,33)/t9-,10+,11-/m0/s1. The van der Waals surface area contributed by atoms with E-state index in [0.29, 0.717) is 0 Å². The smallest absolute Gasteiger partial charge is 0.322 e. The molecule has 3 atom stereocenters. The first kappa shape index (κ1) is 28.5. The number of rotatable bonds is 14. The van der Waals surface area contributed by atoms with Crippen LogP contribution in [-0.2, 0) is 30.4 Å². The highest BCUT2D eigenvalue weighted by molar-refractivity contribution is 7.99. The Labute approximate surface area is 197 Å². The monoisotopic (exact) mass is 502 g/mol. The second kappa shape index (κ2) is 13.2. The number of phenols is 2. The molecular formula is C19H26N4O10S. The fraction of sp³-hybridized carbons (Fsp3) is 0.421. The number of benzene rings is 1. The molecule has 0 fully saturated rings. The molecule has 1 aromatic rings. The highest BCUT2D eigenvalue weighted by Gasteiger charge is 2.24. The summed E-state index contributed by atoms with van der Waals surface area (Å²) in [4.78, 5) is 57.1. The van der Waals surface area contributed by atoms with E-state index in [1.165, 1.54) is 6.07 Å². The van der Waals surface area contributed by atoms with Crippen molar-refractivity contribution in [1.82, 2.24) is 10.6 Å². The molecule has 0 aliphatic heterocycles. The second-order valence-corrected chi connectivity index (χ2v) is 8.20. The summed E-state index contributed by atoms with van der Waals surface area (Å²) in [7, 11) is 0. The van der Waals surface area contributed by atoms with E-state index in [0.717, 1.165) is 17.8 Å². The Balaban J connectivity index is 2.98. The summed E-state index contributed by atoms with van der Waals surface area (Å²) >= 11 is 0.813. The predicted octanol–water partition coefficient (Wildman–Crippen LogP) is -1.98. The highest BCUT2D eigenvalue weighted by Crippen LogP contribution is 2.37. The highest BCUT2D eigenvalue weighted by atomic mass is 32.2. The molecule has 0 saturated heterocycles. The summed E-state index contributed by atoms with van der Waals surface area (Å²) in [5.41, 5.74) is 11.1. The number of aliphatic carboxylic acids is 3. The molecular weight excluding hydrogens is 476 g/mol. The molecule has 0 aliphatic rings. The zero-order valence-corrected chi connectivity index (χ0v) is 18.6. The van der Waals surface area contributed by atoms with Gasteiger partial charge in [-0.3, -0.25) is 24.0 Å². The first-order valence-corrected chi connectivity index (χ1v) is 10.7. The maximum absolute atomic E-state index is 12.4. The van der Waals surface area contributed by atoms with E-state index in [4.69, 9.17) is 26.8 Å². The van der Waals surface area contributed by atoms with Crippen LogP contribution >= 0.6 is 11.8 Å². The minimum Gasteiger partial charge on any atom is -0.504 e. The lowest BCUT2D eigenvalue weighted by atomic mass is 10.1. The zero-order chi connectivity index (χ0) is 26.0. The molecule has 2 amide bonds. The molecule has 11 N–H and O–H groups in total. The first-order valence-electron chi connectivity index (χ1n) is 9.75. The number of phenolic OH excluding ortho intramolecular Hbond substituents is 2. The third-order valence-corrected chi connectivity index (χ3v) is 5.48. The minimum absolute atomic E-state index is 0.0470. The largest absolute Gasteiger partial charge is 0.504 e. The van der Waals surface area contributed by atoms with Crippen molar-refractivity contribution in [1.29, 1.82) is 0 Å². The Morgan fingerprint density at radius 3 is 2.15 bits per heavy atom. The van der Waals surface area contributed by atoms with Crippen LogP contribution in [0, 0.1) is 0 Å². The van der Waals surface area contributed by atoms with E-state index in [-0.39, 0.29) is 35.5 Å². The fourth-order valence-electron chi connectivity index (χ4n) is 2.54. The molecule has 0 unspecified atom stereocenters. The fourth-order valence-corrected chi connectivity index (χ4v) is 3.59. The topological polar surface area (TPSA) is 263 Å². The number of nitrogens with one attached hydrogen (secondary N) is 2. The number of carboxylic acids is 3. The SMILES string of the molecule is N[C@H](Cc1cc(O)c(O)c(SC[C@H](NC(=O)CC[C@H](N)C(=O)O)C(=O)NCC(=O)O)c1)C(=O)O. The van der Waals surface area contributed by atoms with Gasteiger partial charge in [0.05, 0.1) is 4.90 Å². The molecule has 188 valence electrons. The van der Waals surface area contributed by atoms with Crippen LogP contribution in [0.2, 0.25) is 0 Å². The van der Waals surface area contributed by atoms with Gasteiger partial charge in [0.15, 0.2) is 11.5 Å². The lowest BCUT2D eigenvalue weighted by molar-refractivity contribution is -0.139. The Bertz CT molecular complexity index is 942. The molecule has 0 aliphatic carbocycles. The van der Waals surface area contributed by atoms with E-state index in [1.807, 2.05) is 0 Å². The van der Waals surface area contributed by atoms with Crippen LogP contribution in [0.5, 0.6) is 11.5 Å². The summed E-state index contributed by atoms with van der Waals surface area (Å²) in [6, 6.07) is -1.38. The van der Waals surface area contributed by atoms with Crippen molar-refractivity contribution in [3.05, 3.63) is 17.7 Å². The van der Waals surface area contributed by atoms with Gasteiger partial charge in [-0.05, 0) is 30.5 Å². The van der Waals surface area contributed by atoms with Crippen LogP contribution in [0.4, 0.5) is 0 Å². The number of nitrogens with two attached hydrogens (primary N) is 2. The van der Waals surface area contributed by atoms with Gasteiger partial charge in [-0.1, -0.05) is 0 Å². The third-order valence-electron chi connectivity index (χ3n) is 4.36. The van der Waals surface area contributed by atoms with E-state index in [9.17, 15) is 34.2 Å². The number of hydrogen-bond acceptors (Lipinski definition) is 10. The van der Waals surface area contributed by atoms with E-state index >= 15 is 0 Å². The van der Waals surface area contributed by atoms with Gasteiger partial charge in [0.2, 0.25) is 11.8 Å². The van der Waals surface area contributed by atoms with Gasteiger partial charge in [-0.15, -0.1) is 11.8 Å². The molecule has 0 bridgehead atoms. The summed E-state index contributed by atoms with van der Waals surface area (Å²) in [6.45, 7) is -0.728. The van der Waals surface area contributed by atoms with E-state index in [2.05, 4.69) is 10.6 Å². The van der Waals surface area contributed by atoms with Crippen LogP contribution in [-0.4, -0.2) is 85.7 Å². The zero-order valence-electron chi connectivity index (χ0n) is 17.8. The van der Waals surface area contributed by atoms with Crippen LogP contribution in [0.25, 0.3) is 0 Å². The van der Waals surface area contributed by atoms with Gasteiger partial charge < -0.3 is 47.6 Å². The number of amides is 2. The maximum atomic E-state index is 12.4. The van der Waals surface area contributed by atoms with Crippen LogP contribution in [0.15, 0.2) is 17.0 Å². The first-order chi connectivity index (χ1) is 15.8.